The largest absolute Gasteiger partial charge is 0.318 e. The van der Waals surface area contributed by atoms with E-state index >= 15 is 0 Å². The molecule has 0 aliphatic carbocycles. The average molecular weight is 277 g/mol. The average Bonchev–Trinajstić information content (AvgIpc) is 2.48. The van der Waals surface area contributed by atoms with Crippen LogP contribution in [0.25, 0.3) is 10.8 Å². The smallest absolute Gasteiger partial charge is 0.258 e. The standard InChI is InChI=1S/C19H19NO/c1-13-8-9-15(10-14(13)2)11-16-12-20(3)19(21)18-7-5-4-6-17(16)18/h4-10,12H,11H2,1-3H3. The summed E-state index contributed by atoms with van der Waals surface area (Å²) in [5, 5.41) is 1.85. The van der Waals surface area contributed by atoms with Crippen LogP contribution in [0.1, 0.15) is 22.3 Å². The third kappa shape index (κ3) is 2.49. The van der Waals surface area contributed by atoms with Crippen LogP contribution in [0.5, 0.6) is 0 Å². The second-order valence-electron chi connectivity index (χ2n) is 5.71. The highest BCUT2D eigenvalue weighted by molar-refractivity contribution is 5.84. The second-order valence-corrected chi connectivity index (χ2v) is 5.71. The van der Waals surface area contributed by atoms with E-state index in [2.05, 4.69) is 32.0 Å². The number of pyridine rings is 1. The van der Waals surface area contributed by atoms with Gasteiger partial charge in [0.05, 0.1) is 0 Å². The van der Waals surface area contributed by atoms with Crippen molar-refractivity contribution in [2.24, 2.45) is 7.05 Å². The molecule has 0 saturated heterocycles. The van der Waals surface area contributed by atoms with Crippen molar-refractivity contribution >= 4 is 10.8 Å². The van der Waals surface area contributed by atoms with E-state index in [1.54, 1.807) is 4.57 Å². The van der Waals surface area contributed by atoms with Gasteiger partial charge in [0.15, 0.2) is 0 Å². The molecule has 0 radical (unpaired) electrons. The third-order valence-corrected chi connectivity index (χ3v) is 4.14. The van der Waals surface area contributed by atoms with Crippen LogP contribution in [0.4, 0.5) is 0 Å². The van der Waals surface area contributed by atoms with Crippen molar-refractivity contribution in [3.05, 3.63) is 81.3 Å². The molecule has 21 heavy (non-hydrogen) atoms. The van der Waals surface area contributed by atoms with Crippen LogP contribution in [0.3, 0.4) is 0 Å². The van der Waals surface area contributed by atoms with E-state index in [0.29, 0.717) is 0 Å². The second kappa shape index (κ2) is 5.21. The number of fused-ring (bicyclic) bond motifs is 1. The highest BCUT2D eigenvalue weighted by Crippen LogP contribution is 2.20. The minimum absolute atomic E-state index is 0.0643. The predicted octanol–water partition coefficient (Wildman–Crippen LogP) is 3.75. The van der Waals surface area contributed by atoms with Crippen molar-refractivity contribution in [1.82, 2.24) is 4.57 Å². The van der Waals surface area contributed by atoms with Gasteiger partial charge in [0.25, 0.3) is 5.56 Å². The first-order valence-corrected chi connectivity index (χ1v) is 7.19. The molecule has 0 bridgehead atoms. The van der Waals surface area contributed by atoms with Crippen molar-refractivity contribution < 1.29 is 0 Å². The fraction of sp³-hybridized carbons (Fsp3) is 0.211. The molecule has 3 rings (SSSR count). The van der Waals surface area contributed by atoms with Gasteiger partial charge in [-0.3, -0.25) is 4.79 Å². The predicted molar refractivity (Wildman–Crippen MR) is 87.9 cm³/mol. The quantitative estimate of drug-likeness (QED) is 0.699. The minimum Gasteiger partial charge on any atom is -0.318 e. The Bertz CT molecular complexity index is 874. The van der Waals surface area contributed by atoms with Gasteiger partial charge in [-0.25, -0.2) is 0 Å². The zero-order chi connectivity index (χ0) is 15.0. The van der Waals surface area contributed by atoms with Gasteiger partial charge in [-0.2, -0.15) is 0 Å². The van der Waals surface area contributed by atoms with Crippen LogP contribution in [-0.2, 0) is 13.5 Å². The van der Waals surface area contributed by atoms with E-state index in [1.807, 2.05) is 37.5 Å². The van der Waals surface area contributed by atoms with Crippen LogP contribution in [0.15, 0.2) is 53.5 Å². The molecule has 106 valence electrons. The molecule has 3 aromatic rings. The molecule has 0 amide bonds. The summed E-state index contributed by atoms with van der Waals surface area (Å²) in [7, 11) is 1.82. The zero-order valence-corrected chi connectivity index (χ0v) is 12.7. The first kappa shape index (κ1) is 13.6. The van der Waals surface area contributed by atoms with E-state index in [0.717, 1.165) is 17.2 Å². The van der Waals surface area contributed by atoms with Gasteiger partial charge in [-0.15, -0.1) is 0 Å². The van der Waals surface area contributed by atoms with E-state index in [4.69, 9.17) is 0 Å². The fourth-order valence-electron chi connectivity index (χ4n) is 2.78. The maximum absolute atomic E-state index is 12.2. The summed E-state index contributed by atoms with van der Waals surface area (Å²) >= 11 is 0. The highest BCUT2D eigenvalue weighted by atomic mass is 16.1. The van der Waals surface area contributed by atoms with E-state index in [1.165, 1.54) is 22.3 Å². The molecule has 0 saturated carbocycles. The molecule has 0 unspecified atom stereocenters. The first-order valence-electron chi connectivity index (χ1n) is 7.19. The van der Waals surface area contributed by atoms with Crippen molar-refractivity contribution in [1.29, 1.82) is 0 Å². The van der Waals surface area contributed by atoms with Crippen molar-refractivity contribution in [3.8, 4) is 0 Å². The molecule has 0 aliphatic heterocycles. The van der Waals surface area contributed by atoms with Crippen molar-refractivity contribution in [2.45, 2.75) is 20.3 Å². The Hall–Kier alpha value is -2.35. The molecule has 0 N–H and O–H groups in total. The van der Waals surface area contributed by atoms with Crippen LogP contribution >= 0.6 is 0 Å². The van der Waals surface area contributed by atoms with Gasteiger partial charge in [0, 0.05) is 18.6 Å². The van der Waals surface area contributed by atoms with Crippen molar-refractivity contribution in [3.63, 3.8) is 0 Å². The Labute approximate surface area is 124 Å². The van der Waals surface area contributed by atoms with Gasteiger partial charge < -0.3 is 4.57 Å². The van der Waals surface area contributed by atoms with Gasteiger partial charge >= 0.3 is 0 Å². The molecular weight excluding hydrogens is 258 g/mol. The summed E-state index contributed by atoms with van der Waals surface area (Å²) in [5.74, 6) is 0. The van der Waals surface area contributed by atoms with Gasteiger partial charge in [-0.05, 0) is 54.0 Å². The number of aromatic nitrogens is 1. The molecule has 2 nitrogen and oxygen atoms in total. The Morgan fingerprint density at radius 3 is 2.38 bits per heavy atom. The lowest BCUT2D eigenvalue weighted by Gasteiger charge is -2.10. The van der Waals surface area contributed by atoms with E-state index in [9.17, 15) is 4.79 Å². The Morgan fingerprint density at radius 1 is 0.952 bits per heavy atom. The Balaban J connectivity index is 2.14. The lowest BCUT2D eigenvalue weighted by molar-refractivity contribution is 0.860. The highest BCUT2D eigenvalue weighted by Gasteiger charge is 2.07. The molecule has 1 heterocycles. The fourth-order valence-corrected chi connectivity index (χ4v) is 2.78. The van der Waals surface area contributed by atoms with Gasteiger partial charge in [0.1, 0.15) is 0 Å². The lowest BCUT2D eigenvalue weighted by Crippen LogP contribution is -2.17. The number of rotatable bonds is 2. The Morgan fingerprint density at radius 2 is 1.67 bits per heavy atom. The third-order valence-electron chi connectivity index (χ3n) is 4.14. The molecule has 0 spiro atoms. The normalized spacial score (nSPS) is 11.0. The monoisotopic (exact) mass is 277 g/mol. The number of benzene rings is 2. The number of aryl methyl sites for hydroxylation is 3. The summed E-state index contributed by atoms with van der Waals surface area (Å²) in [6, 6.07) is 14.4. The topological polar surface area (TPSA) is 22.0 Å². The zero-order valence-electron chi connectivity index (χ0n) is 12.7. The van der Waals surface area contributed by atoms with E-state index in [-0.39, 0.29) is 5.56 Å². The summed E-state index contributed by atoms with van der Waals surface area (Å²) in [5.41, 5.74) is 5.15. The van der Waals surface area contributed by atoms with Crippen LogP contribution < -0.4 is 5.56 Å². The molecule has 2 aromatic carbocycles. The SMILES string of the molecule is Cc1ccc(Cc2cn(C)c(=O)c3ccccc23)cc1C. The molecule has 0 aliphatic rings. The molecule has 1 aromatic heterocycles. The first-order chi connectivity index (χ1) is 10.1. The molecular formula is C19H19NO. The molecule has 0 atom stereocenters. The van der Waals surface area contributed by atoms with Gasteiger partial charge in [-0.1, -0.05) is 36.4 Å². The maximum atomic E-state index is 12.2. The van der Waals surface area contributed by atoms with Crippen LogP contribution in [0.2, 0.25) is 0 Å². The van der Waals surface area contributed by atoms with E-state index < -0.39 is 0 Å². The molecule has 0 fully saturated rings. The lowest BCUT2D eigenvalue weighted by atomic mass is 9.98. The number of nitrogens with zero attached hydrogens (tertiary/aromatic N) is 1. The minimum atomic E-state index is 0.0643. The summed E-state index contributed by atoms with van der Waals surface area (Å²) in [4.78, 5) is 12.2. The summed E-state index contributed by atoms with van der Waals surface area (Å²) in [6.45, 7) is 4.26. The number of hydrogen-bond donors (Lipinski definition) is 0. The summed E-state index contributed by atoms with van der Waals surface area (Å²) < 4.78 is 1.68. The maximum Gasteiger partial charge on any atom is 0.258 e. The van der Waals surface area contributed by atoms with Crippen molar-refractivity contribution in [2.75, 3.05) is 0 Å². The molecule has 2 heteroatoms. The van der Waals surface area contributed by atoms with Crippen LogP contribution in [-0.4, -0.2) is 4.57 Å². The number of hydrogen-bond acceptors (Lipinski definition) is 1. The summed E-state index contributed by atoms with van der Waals surface area (Å²) in [6.07, 6.45) is 2.80. The Kier molecular flexibility index (Phi) is 3.38. The van der Waals surface area contributed by atoms with Crippen LogP contribution in [0, 0.1) is 13.8 Å². The van der Waals surface area contributed by atoms with Gasteiger partial charge in [0.2, 0.25) is 0 Å².